The lowest BCUT2D eigenvalue weighted by Gasteiger charge is -2.23. The van der Waals surface area contributed by atoms with Crippen molar-refractivity contribution in [1.29, 1.82) is 0 Å². The van der Waals surface area contributed by atoms with Crippen LogP contribution >= 0.6 is 0 Å². The second kappa shape index (κ2) is 6.35. The normalized spacial score (nSPS) is 20.1. The zero-order chi connectivity index (χ0) is 13.0. The van der Waals surface area contributed by atoms with Crippen molar-refractivity contribution in [1.82, 2.24) is 10.6 Å². The van der Waals surface area contributed by atoms with Crippen molar-refractivity contribution in [3.05, 3.63) is 34.4 Å². The molecule has 0 radical (unpaired) electrons. The van der Waals surface area contributed by atoms with Gasteiger partial charge >= 0.3 is 0 Å². The van der Waals surface area contributed by atoms with E-state index < -0.39 is 0 Å². The van der Waals surface area contributed by atoms with E-state index in [0.717, 1.165) is 19.0 Å². The highest BCUT2D eigenvalue weighted by Gasteiger charge is 2.12. The lowest BCUT2D eigenvalue weighted by Crippen LogP contribution is -2.35. The molecule has 1 aliphatic rings. The Morgan fingerprint density at radius 1 is 1.22 bits per heavy atom. The molecule has 1 saturated heterocycles. The Balaban J connectivity index is 1.84. The molecule has 1 aliphatic heterocycles. The number of hydrogen-bond donors (Lipinski definition) is 2. The molecule has 18 heavy (non-hydrogen) atoms. The fraction of sp³-hybridized carbons (Fsp3) is 0.625. The number of nitrogens with one attached hydrogen (secondary N) is 2. The van der Waals surface area contributed by atoms with E-state index in [1.165, 1.54) is 48.2 Å². The molecule has 1 aromatic rings. The van der Waals surface area contributed by atoms with Crippen molar-refractivity contribution in [2.24, 2.45) is 5.92 Å². The molecule has 1 heterocycles. The van der Waals surface area contributed by atoms with E-state index in [9.17, 15) is 0 Å². The van der Waals surface area contributed by atoms with Crippen molar-refractivity contribution in [2.45, 2.75) is 40.2 Å². The van der Waals surface area contributed by atoms with Crippen molar-refractivity contribution in [3.63, 3.8) is 0 Å². The van der Waals surface area contributed by atoms with Crippen LogP contribution in [0.2, 0.25) is 0 Å². The van der Waals surface area contributed by atoms with Crippen LogP contribution in [-0.4, -0.2) is 19.6 Å². The number of benzene rings is 1. The summed E-state index contributed by atoms with van der Waals surface area (Å²) in [6, 6.07) is 4.51. The Labute approximate surface area is 111 Å². The largest absolute Gasteiger partial charge is 0.316 e. The van der Waals surface area contributed by atoms with Gasteiger partial charge in [-0.05, 0) is 81.4 Å². The van der Waals surface area contributed by atoms with Gasteiger partial charge in [0.15, 0.2) is 0 Å². The van der Waals surface area contributed by atoms with Crippen LogP contribution in [0.3, 0.4) is 0 Å². The summed E-state index contributed by atoms with van der Waals surface area (Å²) in [5.74, 6) is 0.811. The Morgan fingerprint density at radius 3 is 2.78 bits per heavy atom. The molecule has 0 aliphatic carbocycles. The van der Waals surface area contributed by atoms with Gasteiger partial charge in [-0.1, -0.05) is 12.1 Å². The van der Waals surface area contributed by atoms with Gasteiger partial charge in [0.25, 0.3) is 0 Å². The molecule has 0 amide bonds. The summed E-state index contributed by atoms with van der Waals surface area (Å²) in [6.07, 6.45) is 2.70. The molecular weight excluding hydrogens is 220 g/mol. The Kier molecular flexibility index (Phi) is 4.79. The fourth-order valence-electron chi connectivity index (χ4n) is 2.71. The average molecular weight is 246 g/mol. The molecule has 1 aromatic carbocycles. The molecule has 2 heteroatoms. The highest BCUT2D eigenvalue weighted by Crippen LogP contribution is 2.17. The zero-order valence-electron chi connectivity index (χ0n) is 12.0. The summed E-state index contributed by atoms with van der Waals surface area (Å²) in [5.41, 5.74) is 5.73. The van der Waals surface area contributed by atoms with Gasteiger partial charge < -0.3 is 10.6 Å². The third-order valence-corrected chi connectivity index (χ3v) is 4.32. The van der Waals surface area contributed by atoms with E-state index in [2.05, 4.69) is 43.5 Å². The molecule has 100 valence electrons. The predicted octanol–water partition coefficient (Wildman–Crippen LogP) is 2.70. The molecule has 0 saturated carbocycles. The number of aryl methyl sites for hydroxylation is 1. The lowest BCUT2D eigenvalue weighted by molar-refractivity contribution is 0.360. The average Bonchev–Trinajstić information content (AvgIpc) is 2.40. The van der Waals surface area contributed by atoms with Crippen LogP contribution in [0.4, 0.5) is 0 Å². The summed E-state index contributed by atoms with van der Waals surface area (Å²) in [7, 11) is 0. The number of hydrogen-bond acceptors (Lipinski definition) is 2. The van der Waals surface area contributed by atoms with Crippen LogP contribution in [0.25, 0.3) is 0 Å². The minimum atomic E-state index is 0.811. The number of rotatable bonds is 4. The van der Waals surface area contributed by atoms with Crippen LogP contribution in [0.1, 0.15) is 35.1 Å². The van der Waals surface area contributed by atoms with Gasteiger partial charge in [-0.25, -0.2) is 0 Å². The quantitative estimate of drug-likeness (QED) is 0.853. The molecule has 2 nitrogen and oxygen atoms in total. The van der Waals surface area contributed by atoms with Gasteiger partial charge in [-0.15, -0.1) is 0 Å². The Bertz CT molecular complexity index is 392. The second-order valence-corrected chi connectivity index (χ2v) is 5.63. The predicted molar refractivity (Wildman–Crippen MR) is 78.0 cm³/mol. The second-order valence-electron chi connectivity index (χ2n) is 5.63. The van der Waals surface area contributed by atoms with Gasteiger partial charge in [0.1, 0.15) is 0 Å². The smallest absolute Gasteiger partial charge is 0.0208 e. The molecule has 1 unspecified atom stereocenters. The van der Waals surface area contributed by atoms with Crippen LogP contribution in [0.15, 0.2) is 12.1 Å². The minimum absolute atomic E-state index is 0.811. The molecule has 0 spiro atoms. The van der Waals surface area contributed by atoms with E-state index in [-0.39, 0.29) is 0 Å². The monoisotopic (exact) mass is 246 g/mol. The fourth-order valence-corrected chi connectivity index (χ4v) is 2.71. The minimum Gasteiger partial charge on any atom is -0.316 e. The Hall–Kier alpha value is -0.860. The van der Waals surface area contributed by atoms with Gasteiger partial charge in [-0.3, -0.25) is 0 Å². The maximum Gasteiger partial charge on any atom is 0.0208 e. The van der Waals surface area contributed by atoms with Gasteiger partial charge in [0.05, 0.1) is 0 Å². The lowest BCUT2D eigenvalue weighted by atomic mass is 9.97. The molecular formula is C16H26N2. The topological polar surface area (TPSA) is 24.1 Å². The highest BCUT2D eigenvalue weighted by molar-refractivity contribution is 5.38. The molecule has 0 aromatic heterocycles. The first-order chi connectivity index (χ1) is 8.68. The summed E-state index contributed by atoms with van der Waals surface area (Å²) >= 11 is 0. The van der Waals surface area contributed by atoms with E-state index in [4.69, 9.17) is 0 Å². The summed E-state index contributed by atoms with van der Waals surface area (Å²) in [4.78, 5) is 0. The third kappa shape index (κ3) is 3.33. The number of piperidine rings is 1. The van der Waals surface area contributed by atoms with Gasteiger partial charge in [-0.2, -0.15) is 0 Å². The van der Waals surface area contributed by atoms with Crippen molar-refractivity contribution < 1.29 is 0 Å². The molecule has 0 bridgehead atoms. The van der Waals surface area contributed by atoms with Crippen LogP contribution in [0, 0.1) is 26.7 Å². The first-order valence-corrected chi connectivity index (χ1v) is 7.15. The van der Waals surface area contributed by atoms with Gasteiger partial charge in [0, 0.05) is 6.54 Å². The molecule has 2 rings (SSSR count). The van der Waals surface area contributed by atoms with Gasteiger partial charge in [0.2, 0.25) is 0 Å². The molecule has 1 atom stereocenters. The van der Waals surface area contributed by atoms with Crippen molar-refractivity contribution >= 4 is 0 Å². The van der Waals surface area contributed by atoms with E-state index in [0.29, 0.717) is 0 Å². The van der Waals surface area contributed by atoms with Crippen molar-refractivity contribution in [2.75, 3.05) is 19.6 Å². The highest BCUT2D eigenvalue weighted by atomic mass is 14.9. The summed E-state index contributed by atoms with van der Waals surface area (Å²) in [6.45, 7) is 11.2. The van der Waals surface area contributed by atoms with Crippen LogP contribution in [0.5, 0.6) is 0 Å². The first-order valence-electron chi connectivity index (χ1n) is 7.15. The van der Waals surface area contributed by atoms with E-state index in [1.54, 1.807) is 0 Å². The standard InChI is InChI=1S/C16H26N2/c1-12-6-7-16(14(3)13(12)2)11-18-10-15-5-4-8-17-9-15/h6-7,15,17-18H,4-5,8-11H2,1-3H3. The zero-order valence-corrected chi connectivity index (χ0v) is 12.0. The Morgan fingerprint density at radius 2 is 2.06 bits per heavy atom. The maximum atomic E-state index is 3.62. The first kappa shape index (κ1) is 13.6. The molecule has 2 N–H and O–H groups in total. The summed E-state index contributed by atoms with van der Waals surface area (Å²) in [5, 5.41) is 7.09. The third-order valence-electron chi connectivity index (χ3n) is 4.32. The van der Waals surface area contributed by atoms with E-state index >= 15 is 0 Å². The van der Waals surface area contributed by atoms with E-state index in [1.807, 2.05) is 0 Å². The SMILES string of the molecule is Cc1ccc(CNCC2CCCNC2)c(C)c1C. The summed E-state index contributed by atoms with van der Waals surface area (Å²) < 4.78 is 0. The van der Waals surface area contributed by atoms with Crippen LogP contribution in [-0.2, 0) is 6.54 Å². The maximum absolute atomic E-state index is 3.62. The molecule has 1 fully saturated rings. The van der Waals surface area contributed by atoms with Crippen LogP contribution < -0.4 is 10.6 Å². The van der Waals surface area contributed by atoms with Crippen molar-refractivity contribution in [3.8, 4) is 0 Å².